The van der Waals surface area contributed by atoms with Crippen LogP contribution in [-0.4, -0.2) is 142 Å². The molecule has 2 heterocycles. The zero-order valence-corrected chi connectivity index (χ0v) is 43.2. The first-order valence-corrected chi connectivity index (χ1v) is 27.1. The molecule has 0 amide bonds. The van der Waals surface area contributed by atoms with E-state index in [0.29, 0.717) is 19.3 Å². The maximum atomic E-state index is 13.0. The van der Waals surface area contributed by atoms with E-state index < -0.39 is 99.3 Å². The zero-order chi connectivity index (χ0) is 51.7. The van der Waals surface area contributed by atoms with Gasteiger partial charge in [-0.2, -0.15) is 0 Å². The standard InChI is InChI=1S/C56H94O15/c1-3-5-7-9-11-13-15-17-18-19-20-21-22-23-24-25-27-28-30-32-34-36-38-47(58)66-41-44(69-48(59)39-37-35-33-31-29-26-16-14-12-10-8-6-4-2)42-67-55-54(65)52(63)50(61)46(71-55)43-68-56-53(64)51(62)49(60)45(40-57)70-56/h6,8,10,12,14,16,22-23,26,29,31,33,44-46,49-57,60-65H,3-5,7,9,11,13,15,17-21,24-25,27-28,30,32,34-43H2,1-2H3/b8-6+,12-10+,16-14+,23-22+,29-26+,33-31+/t44?,45-,46-,49+,50+,51?,52?,53?,54?,55-,56-/m1/s1. The number of carbonyl (C=O) groups is 2. The molecule has 2 aliphatic rings. The van der Waals surface area contributed by atoms with Crippen molar-refractivity contribution >= 4 is 11.9 Å². The second-order valence-electron chi connectivity index (χ2n) is 18.8. The Morgan fingerprint density at radius 2 is 0.915 bits per heavy atom. The smallest absolute Gasteiger partial charge is 0.306 e. The fourth-order valence-corrected chi connectivity index (χ4v) is 8.12. The SMILES string of the molecule is CC/C=C/C=C/C=C/C=C/C=C/CCCC(=O)OC(COC(=O)CCCCCCCCC/C=C/CCCCCCCCCCCCC)CO[C@@H]1O[C@H](CO[C@@H]2O[C@H](CO)[C@H](O)C(O)C2O)[C@H](O)C(O)C1O. The Bertz CT molecular complexity index is 1510. The first-order valence-electron chi connectivity index (χ1n) is 27.1. The Morgan fingerprint density at radius 1 is 0.465 bits per heavy atom. The second kappa shape index (κ2) is 42.3. The lowest BCUT2D eigenvalue weighted by molar-refractivity contribution is -0.332. The lowest BCUT2D eigenvalue weighted by Crippen LogP contribution is -2.61. The molecule has 2 aliphatic heterocycles. The molecule has 7 N–H and O–H groups in total. The first kappa shape index (κ1) is 64.1. The summed E-state index contributed by atoms with van der Waals surface area (Å²) in [6.07, 6.45) is 33.8. The second-order valence-corrected chi connectivity index (χ2v) is 18.8. The van der Waals surface area contributed by atoms with E-state index in [-0.39, 0.29) is 19.4 Å². The van der Waals surface area contributed by atoms with Crippen LogP contribution >= 0.6 is 0 Å². The molecule has 408 valence electrons. The monoisotopic (exact) mass is 1010 g/mol. The van der Waals surface area contributed by atoms with Crippen LogP contribution in [0.4, 0.5) is 0 Å². The lowest BCUT2D eigenvalue weighted by atomic mass is 9.98. The molecule has 0 saturated carbocycles. The van der Waals surface area contributed by atoms with Crippen molar-refractivity contribution in [3.63, 3.8) is 0 Å². The molecular weight excluding hydrogens is 913 g/mol. The average Bonchev–Trinajstić information content (AvgIpc) is 3.36. The number of carbonyl (C=O) groups excluding carboxylic acids is 2. The van der Waals surface area contributed by atoms with Crippen molar-refractivity contribution in [1.29, 1.82) is 0 Å². The van der Waals surface area contributed by atoms with Gasteiger partial charge in [-0.05, 0) is 51.4 Å². The van der Waals surface area contributed by atoms with E-state index in [4.69, 9.17) is 28.4 Å². The van der Waals surface area contributed by atoms with Gasteiger partial charge in [-0.3, -0.25) is 9.59 Å². The Hall–Kier alpha value is -3.06. The normalized spacial score (nSPS) is 25.8. The quantitative estimate of drug-likeness (QED) is 0.0132. The van der Waals surface area contributed by atoms with Crippen LogP contribution in [0.5, 0.6) is 0 Å². The van der Waals surface area contributed by atoms with E-state index in [1.54, 1.807) is 0 Å². The molecule has 11 atom stereocenters. The van der Waals surface area contributed by atoms with Crippen LogP contribution in [0.1, 0.15) is 174 Å². The Balaban J connectivity index is 1.78. The van der Waals surface area contributed by atoms with Crippen molar-refractivity contribution in [2.24, 2.45) is 0 Å². The summed E-state index contributed by atoms with van der Waals surface area (Å²) in [4.78, 5) is 25.8. The van der Waals surface area contributed by atoms with E-state index >= 15 is 0 Å². The number of aliphatic hydroxyl groups excluding tert-OH is 7. The Labute approximate surface area is 425 Å². The largest absolute Gasteiger partial charge is 0.462 e. The van der Waals surface area contributed by atoms with Gasteiger partial charge in [0.1, 0.15) is 55.4 Å². The fraction of sp³-hybridized carbons (Fsp3) is 0.750. The molecule has 0 aromatic carbocycles. The molecule has 71 heavy (non-hydrogen) atoms. The molecule has 0 bridgehead atoms. The minimum atomic E-state index is -1.78. The van der Waals surface area contributed by atoms with Crippen molar-refractivity contribution in [1.82, 2.24) is 0 Å². The van der Waals surface area contributed by atoms with Gasteiger partial charge in [0.2, 0.25) is 0 Å². The number of hydrogen-bond donors (Lipinski definition) is 7. The predicted molar refractivity (Wildman–Crippen MR) is 275 cm³/mol. The highest BCUT2D eigenvalue weighted by atomic mass is 16.7. The van der Waals surface area contributed by atoms with Crippen LogP contribution in [0.15, 0.2) is 72.9 Å². The van der Waals surface area contributed by atoms with Gasteiger partial charge in [0.15, 0.2) is 18.7 Å². The van der Waals surface area contributed by atoms with Crippen LogP contribution < -0.4 is 0 Å². The van der Waals surface area contributed by atoms with Gasteiger partial charge >= 0.3 is 11.9 Å². The number of allylic oxidation sites excluding steroid dienone is 12. The molecule has 0 radical (unpaired) electrons. The summed E-state index contributed by atoms with van der Waals surface area (Å²) in [7, 11) is 0. The highest BCUT2D eigenvalue weighted by Gasteiger charge is 2.47. The minimum Gasteiger partial charge on any atom is -0.462 e. The van der Waals surface area contributed by atoms with Crippen LogP contribution in [0.3, 0.4) is 0 Å². The van der Waals surface area contributed by atoms with Gasteiger partial charge in [-0.1, -0.05) is 183 Å². The van der Waals surface area contributed by atoms with Crippen molar-refractivity contribution in [2.75, 3.05) is 26.4 Å². The van der Waals surface area contributed by atoms with Gasteiger partial charge in [0.05, 0.1) is 19.8 Å². The van der Waals surface area contributed by atoms with Crippen molar-refractivity contribution in [3.05, 3.63) is 72.9 Å². The number of aliphatic hydroxyl groups is 7. The van der Waals surface area contributed by atoms with Crippen LogP contribution in [0, 0.1) is 0 Å². The summed E-state index contributed by atoms with van der Waals surface area (Å²) < 4.78 is 33.5. The summed E-state index contributed by atoms with van der Waals surface area (Å²) in [6, 6.07) is 0. The van der Waals surface area contributed by atoms with E-state index in [9.17, 15) is 45.3 Å². The predicted octanol–water partition coefficient (Wildman–Crippen LogP) is 8.21. The molecule has 15 nitrogen and oxygen atoms in total. The molecule has 0 spiro atoms. The highest BCUT2D eigenvalue weighted by Crippen LogP contribution is 2.26. The summed E-state index contributed by atoms with van der Waals surface area (Å²) in [6.45, 7) is 2.36. The molecular formula is C56H94O15. The number of unbranched alkanes of at least 4 members (excludes halogenated alkanes) is 19. The fourth-order valence-electron chi connectivity index (χ4n) is 8.12. The molecule has 0 aromatic heterocycles. The van der Waals surface area contributed by atoms with Gasteiger partial charge in [0.25, 0.3) is 0 Å². The third kappa shape index (κ3) is 30.0. The highest BCUT2D eigenvalue weighted by molar-refractivity contribution is 5.70. The molecule has 2 saturated heterocycles. The number of esters is 2. The van der Waals surface area contributed by atoms with E-state index in [1.807, 2.05) is 54.7 Å². The van der Waals surface area contributed by atoms with E-state index in [2.05, 4.69) is 32.1 Å². The zero-order valence-electron chi connectivity index (χ0n) is 43.2. The average molecular weight is 1010 g/mol. The van der Waals surface area contributed by atoms with Crippen molar-refractivity contribution in [3.8, 4) is 0 Å². The maximum absolute atomic E-state index is 13.0. The van der Waals surface area contributed by atoms with Crippen LogP contribution in [0.2, 0.25) is 0 Å². The minimum absolute atomic E-state index is 0.0650. The third-order valence-electron chi connectivity index (χ3n) is 12.5. The van der Waals surface area contributed by atoms with Gasteiger partial charge < -0.3 is 64.2 Å². The molecule has 0 aromatic rings. The third-order valence-corrected chi connectivity index (χ3v) is 12.5. The van der Waals surface area contributed by atoms with E-state index in [1.165, 1.54) is 89.9 Å². The molecule has 2 rings (SSSR count). The summed E-state index contributed by atoms with van der Waals surface area (Å²) in [5.41, 5.74) is 0. The molecule has 15 heteroatoms. The summed E-state index contributed by atoms with van der Waals surface area (Å²) >= 11 is 0. The Morgan fingerprint density at radius 3 is 1.46 bits per heavy atom. The molecule has 5 unspecified atom stereocenters. The van der Waals surface area contributed by atoms with Crippen molar-refractivity contribution < 1.29 is 73.8 Å². The summed E-state index contributed by atoms with van der Waals surface area (Å²) in [5.74, 6) is -1.02. The lowest BCUT2D eigenvalue weighted by Gasteiger charge is -2.42. The van der Waals surface area contributed by atoms with Gasteiger partial charge in [-0.25, -0.2) is 0 Å². The van der Waals surface area contributed by atoms with Gasteiger partial charge in [0, 0.05) is 12.8 Å². The number of ether oxygens (including phenoxy) is 6. The first-order chi connectivity index (χ1) is 34.5. The molecule has 2 fully saturated rings. The Kier molecular flexibility index (Phi) is 38.2. The maximum Gasteiger partial charge on any atom is 0.306 e. The van der Waals surface area contributed by atoms with E-state index in [0.717, 1.165) is 38.5 Å². The molecule has 0 aliphatic carbocycles. The summed E-state index contributed by atoms with van der Waals surface area (Å²) in [5, 5.41) is 72.1. The number of rotatable bonds is 41. The van der Waals surface area contributed by atoms with Crippen LogP contribution in [-0.2, 0) is 38.0 Å². The number of hydrogen-bond acceptors (Lipinski definition) is 15. The van der Waals surface area contributed by atoms with Crippen molar-refractivity contribution in [2.45, 2.75) is 242 Å². The van der Waals surface area contributed by atoms with Gasteiger partial charge in [-0.15, -0.1) is 0 Å². The topological polar surface area (TPSA) is 231 Å². The van der Waals surface area contributed by atoms with Crippen LogP contribution in [0.25, 0.3) is 0 Å².